The van der Waals surface area contributed by atoms with Crippen LogP contribution in [0.2, 0.25) is 0 Å². The summed E-state index contributed by atoms with van der Waals surface area (Å²) >= 11 is 2.86. The van der Waals surface area contributed by atoms with Crippen LogP contribution in [0, 0.1) is 10.8 Å². The van der Waals surface area contributed by atoms with Gasteiger partial charge in [-0.25, -0.2) is 0 Å². The topological polar surface area (TPSA) is 38.3 Å². The Morgan fingerprint density at radius 1 is 1.77 bits per heavy atom. The van der Waals surface area contributed by atoms with Crippen molar-refractivity contribution in [2.45, 2.75) is 6.42 Å². The Labute approximate surface area is 85.7 Å². The molecule has 0 fully saturated rings. The SMILES string of the molecule is O=C(C#CBr)NCC1=CCOCC1. The fourth-order valence-electron chi connectivity index (χ4n) is 1.01. The summed E-state index contributed by atoms with van der Waals surface area (Å²) in [6.45, 7) is 1.96. The van der Waals surface area contributed by atoms with E-state index in [-0.39, 0.29) is 5.91 Å². The van der Waals surface area contributed by atoms with Crippen LogP contribution in [0.5, 0.6) is 0 Å². The molecular weight excluding hydrogens is 234 g/mol. The molecule has 0 unspecified atom stereocenters. The van der Waals surface area contributed by atoms with E-state index in [2.05, 4.69) is 32.0 Å². The van der Waals surface area contributed by atoms with Crippen LogP contribution in [0.15, 0.2) is 11.6 Å². The summed E-state index contributed by atoms with van der Waals surface area (Å²) in [7, 11) is 0. The second kappa shape index (κ2) is 5.79. The van der Waals surface area contributed by atoms with Gasteiger partial charge in [0.2, 0.25) is 0 Å². The molecule has 70 valence electrons. The Morgan fingerprint density at radius 2 is 2.62 bits per heavy atom. The van der Waals surface area contributed by atoms with Gasteiger partial charge in [0.1, 0.15) is 0 Å². The number of halogens is 1. The van der Waals surface area contributed by atoms with Gasteiger partial charge in [0.25, 0.3) is 5.91 Å². The zero-order valence-electron chi connectivity index (χ0n) is 7.10. The van der Waals surface area contributed by atoms with Crippen molar-refractivity contribution in [3.8, 4) is 10.8 Å². The molecule has 0 saturated carbocycles. The normalized spacial score (nSPS) is 15.3. The predicted molar refractivity (Wildman–Crippen MR) is 53.2 cm³/mol. The maximum Gasteiger partial charge on any atom is 0.297 e. The zero-order valence-corrected chi connectivity index (χ0v) is 8.69. The lowest BCUT2D eigenvalue weighted by Crippen LogP contribution is -2.25. The highest BCUT2D eigenvalue weighted by Crippen LogP contribution is 2.05. The van der Waals surface area contributed by atoms with Crippen LogP contribution in [0.25, 0.3) is 0 Å². The van der Waals surface area contributed by atoms with Crippen LogP contribution in [0.3, 0.4) is 0 Å². The van der Waals surface area contributed by atoms with Crippen molar-refractivity contribution in [1.29, 1.82) is 0 Å². The molecule has 0 aliphatic carbocycles. The van der Waals surface area contributed by atoms with Crippen molar-refractivity contribution in [2.24, 2.45) is 0 Å². The lowest BCUT2D eigenvalue weighted by atomic mass is 10.1. The second-order valence-electron chi connectivity index (χ2n) is 2.59. The Kier molecular flexibility index (Phi) is 4.58. The van der Waals surface area contributed by atoms with Crippen molar-refractivity contribution in [1.82, 2.24) is 5.32 Å². The molecule has 1 heterocycles. The van der Waals surface area contributed by atoms with Crippen molar-refractivity contribution < 1.29 is 9.53 Å². The molecule has 0 spiro atoms. The zero-order chi connectivity index (χ0) is 9.52. The lowest BCUT2D eigenvalue weighted by molar-refractivity contribution is -0.115. The Balaban J connectivity index is 2.27. The highest BCUT2D eigenvalue weighted by atomic mass is 79.9. The Morgan fingerprint density at radius 3 is 3.23 bits per heavy atom. The minimum absolute atomic E-state index is 0.260. The first-order valence-corrected chi connectivity index (χ1v) is 4.77. The van der Waals surface area contributed by atoms with Gasteiger partial charge in [-0.05, 0) is 11.3 Å². The average molecular weight is 244 g/mol. The van der Waals surface area contributed by atoms with Crippen LogP contribution < -0.4 is 5.32 Å². The molecule has 0 aromatic heterocycles. The number of ether oxygens (including phenoxy) is 1. The van der Waals surface area contributed by atoms with Gasteiger partial charge in [-0.1, -0.05) is 11.6 Å². The molecule has 0 atom stereocenters. The average Bonchev–Trinajstić information content (AvgIpc) is 2.17. The molecule has 13 heavy (non-hydrogen) atoms. The minimum atomic E-state index is -0.260. The quantitative estimate of drug-likeness (QED) is 0.576. The Hall–Kier alpha value is -0.790. The molecule has 1 aliphatic heterocycles. The second-order valence-corrected chi connectivity index (χ2v) is 2.99. The number of hydrogen-bond acceptors (Lipinski definition) is 2. The summed E-state index contributed by atoms with van der Waals surface area (Å²) in [6, 6.07) is 0. The van der Waals surface area contributed by atoms with E-state index in [4.69, 9.17) is 4.74 Å². The number of nitrogens with one attached hydrogen (secondary N) is 1. The molecule has 1 aliphatic rings. The van der Waals surface area contributed by atoms with E-state index in [0.717, 1.165) is 13.0 Å². The monoisotopic (exact) mass is 243 g/mol. The predicted octanol–water partition coefficient (Wildman–Crippen LogP) is 0.805. The van der Waals surface area contributed by atoms with Gasteiger partial charge >= 0.3 is 0 Å². The maximum absolute atomic E-state index is 10.9. The van der Waals surface area contributed by atoms with Crippen molar-refractivity contribution in [3.05, 3.63) is 11.6 Å². The third-order valence-corrected chi connectivity index (χ3v) is 1.89. The number of hydrogen-bond donors (Lipinski definition) is 1. The molecule has 0 radical (unpaired) electrons. The number of rotatable bonds is 2. The van der Waals surface area contributed by atoms with Gasteiger partial charge in [-0.15, -0.1) is 0 Å². The summed E-state index contributed by atoms with van der Waals surface area (Å²) in [6.07, 6.45) is 2.88. The number of carbonyl (C=O) groups excluding carboxylic acids is 1. The van der Waals surface area contributed by atoms with E-state index in [1.807, 2.05) is 6.08 Å². The van der Waals surface area contributed by atoms with Crippen LogP contribution in [-0.2, 0) is 9.53 Å². The summed E-state index contributed by atoms with van der Waals surface area (Å²) in [5.74, 6) is 2.08. The highest BCUT2D eigenvalue weighted by molar-refractivity contribution is 9.12. The van der Waals surface area contributed by atoms with E-state index >= 15 is 0 Å². The molecular formula is C9H10BrNO2. The lowest BCUT2D eigenvalue weighted by Gasteiger charge is -2.12. The van der Waals surface area contributed by atoms with E-state index in [9.17, 15) is 4.79 Å². The maximum atomic E-state index is 10.9. The van der Waals surface area contributed by atoms with Gasteiger partial charge in [0.05, 0.1) is 13.2 Å². The van der Waals surface area contributed by atoms with Gasteiger partial charge in [0, 0.05) is 28.4 Å². The molecule has 1 rings (SSSR count). The van der Waals surface area contributed by atoms with Crippen molar-refractivity contribution in [2.75, 3.05) is 19.8 Å². The minimum Gasteiger partial charge on any atom is -0.377 e. The van der Waals surface area contributed by atoms with Gasteiger partial charge < -0.3 is 10.1 Å². The first kappa shape index (κ1) is 10.3. The molecule has 0 bridgehead atoms. The van der Waals surface area contributed by atoms with Crippen LogP contribution in [0.4, 0.5) is 0 Å². The number of carbonyl (C=O) groups is 1. The molecule has 1 amide bonds. The van der Waals surface area contributed by atoms with E-state index in [1.54, 1.807) is 0 Å². The highest BCUT2D eigenvalue weighted by Gasteiger charge is 2.03. The smallest absolute Gasteiger partial charge is 0.297 e. The van der Waals surface area contributed by atoms with E-state index < -0.39 is 0 Å². The van der Waals surface area contributed by atoms with Gasteiger partial charge in [-0.3, -0.25) is 4.79 Å². The summed E-state index contributed by atoms with van der Waals surface area (Å²) < 4.78 is 5.13. The van der Waals surface area contributed by atoms with Crippen LogP contribution >= 0.6 is 15.9 Å². The van der Waals surface area contributed by atoms with Gasteiger partial charge in [-0.2, -0.15) is 0 Å². The molecule has 1 N–H and O–H groups in total. The standard InChI is InChI=1S/C9H10BrNO2/c10-4-1-9(12)11-7-8-2-5-13-6-3-8/h2H,3,5-7H2,(H,11,12). The van der Waals surface area contributed by atoms with Crippen molar-refractivity contribution >= 4 is 21.8 Å². The third kappa shape index (κ3) is 4.11. The van der Waals surface area contributed by atoms with E-state index in [0.29, 0.717) is 13.2 Å². The summed E-state index contributed by atoms with van der Waals surface area (Å²) in [5.41, 5.74) is 1.20. The first-order chi connectivity index (χ1) is 6.33. The van der Waals surface area contributed by atoms with Crippen LogP contribution in [0.1, 0.15) is 6.42 Å². The van der Waals surface area contributed by atoms with Crippen molar-refractivity contribution in [3.63, 3.8) is 0 Å². The third-order valence-electron chi connectivity index (χ3n) is 1.69. The molecule has 3 nitrogen and oxygen atoms in total. The molecule has 0 aromatic carbocycles. The first-order valence-electron chi connectivity index (χ1n) is 3.98. The van der Waals surface area contributed by atoms with Gasteiger partial charge in [0.15, 0.2) is 0 Å². The molecule has 0 saturated heterocycles. The largest absolute Gasteiger partial charge is 0.377 e. The molecule has 4 heteroatoms. The fourth-order valence-corrected chi connectivity index (χ4v) is 1.19. The fraction of sp³-hybridized carbons (Fsp3) is 0.444. The number of amides is 1. The molecule has 0 aromatic rings. The van der Waals surface area contributed by atoms with Crippen LogP contribution in [-0.4, -0.2) is 25.7 Å². The van der Waals surface area contributed by atoms with E-state index in [1.165, 1.54) is 5.57 Å². The summed E-state index contributed by atoms with van der Waals surface area (Å²) in [4.78, 5) is 13.3. The summed E-state index contributed by atoms with van der Waals surface area (Å²) in [5, 5.41) is 2.69. The Bertz CT molecular complexity index is 275.